The number of piperazine rings is 1. The highest BCUT2D eigenvalue weighted by atomic mass is 35.5. The number of nitrogens with two attached hydrogens (primary N) is 1. The Morgan fingerprint density at radius 2 is 1.73 bits per heavy atom. The molecule has 0 unspecified atom stereocenters. The van der Waals surface area contributed by atoms with Gasteiger partial charge in [0, 0.05) is 32.4 Å². The normalized spacial score (nSPS) is 20.0. The van der Waals surface area contributed by atoms with E-state index in [9.17, 15) is 4.79 Å². The summed E-state index contributed by atoms with van der Waals surface area (Å²) in [6.45, 7) is 3.15. The first-order valence-corrected chi connectivity index (χ1v) is 7.43. The molecule has 1 saturated carbocycles. The van der Waals surface area contributed by atoms with Crippen LogP contribution in [0.2, 0.25) is 0 Å². The summed E-state index contributed by atoms with van der Waals surface area (Å²) < 4.78 is 0. The molecule has 22 heavy (non-hydrogen) atoms. The number of hydrogen-bond acceptors (Lipinski definition) is 4. The molecule has 1 aliphatic carbocycles. The minimum Gasteiger partial charge on any atom is -0.353 e. The Bertz CT molecular complexity index is 472. The highest BCUT2D eigenvalue weighted by Crippen LogP contribution is 2.29. The zero-order valence-corrected chi connectivity index (χ0v) is 14.2. The van der Waals surface area contributed by atoms with Gasteiger partial charge in [0.25, 0.3) is 0 Å². The van der Waals surface area contributed by atoms with E-state index in [2.05, 4.69) is 9.88 Å². The summed E-state index contributed by atoms with van der Waals surface area (Å²) in [6, 6.07) is 5.92. The van der Waals surface area contributed by atoms with Crippen molar-refractivity contribution >= 4 is 36.5 Å². The van der Waals surface area contributed by atoms with Gasteiger partial charge in [-0.15, -0.1) is 24.8 Å². The van der Waals surface area contributed by atoms with Gasteiger partial charge in [0.1, 0.15) is 5.82 Å². The Kier molecular flexibility index (Phi) is 6.91. The van der Waals surface area contributed by atoms with Crippen LogP contribution in [0.4, 0.5) is 5.82 Å². The number of amides is 1. The summed E-state index contributed by atoms with van der Waals surface area (Å²) >= 11 is 0. The molecule has 0 spiro atoms. The molecule has 3 rings (SSSR count). The van der Waals surface area contributed by atoms with E-state index in [1.807, 2.05) is 23.1 Å². The van der Waals surface area contributed by atoms with Gasteiger partial charge in [-0.1, -0.05) is 18.9 Å². The van der Waals surface area contributed by atoms with Crippen LogP contribution < -0.4 is 10.6 Å². The Labute approximate surface area is 144 Å². The average Bonchev–Trinajstić information content (AvgIpc) is 2.96. The molecule has 1 amide bonds. The van der Waals surface area contributed by atoms with E-state index in [1.54, 1.807) is 6.20 Å². The molecule has 2 N–H and O–H groups in total. The third-order valence-electron chi connectivity index (χ3n) is 4.46. The van der Waals surface area contributed by atoms with Crippen molar-refractivity contribution in [2.45, 2.75) is 31.2 Å². The van der Waals surface area contributed by atoms with E-state index in [1.165, 1.54) is 0 Å². The van der Waals surface area contributed by atoms with E-state index in [-0.39, 0.29) is 30.7 Å². The lowest BCUT2D eigenvalue weighted by Crippen LogP contribution is -2.58. The van der Waals surface area contributed by atoms with E-state index in [0.717, 1.165) is 57.7 Å². The third-order valence-corrected chi connectivity index (χ3v) is 4.46. The highest BCUT2D eigenvalue weighted by Gasteiger charge is 2.40. The SMILES string of the molecule is Cl.Cl.NC1(C(=O)N2CCN(c3ccccn3)CC2)CCCC1. The zero-order valence-electron chi connectivity index (χ0n) is 12.6. The Morgan fingerprint density at radius 3 is 2.27 bits per heavy atom. The van der Waals surface area contributed by atoms with Crippen LogP contribution in [0.3, 0.4) is 0 Å². The Hall–Kier alpha value is -1.04. The topological polar surface area (TPSA) is 62.5 Å². The lowest BCUT2D eigenvalue weighted by Gasteiger charge is -2.38. The predicted octanol–water partition coefficient (Wildman–Crippen LogP) is 1.85. The number of pyridine rings is 1. The lowest BCUT2D eigenvalue weighted by molar-refractivity contribution is -0.137. The molecule has 2 aliphatic rings. The van der Waals surface area contributed by atoms with Crippen molar-refractivity contribution in [3.63, 3.8) is 0 Å². The largest absolute Gasteiger partial charge is 0.353 e. The number of hydrogen-bond donors (Lipinski definition) is 1. The number of halogens is 2. The number of nitrogens with zero attached hydrogens (tertiary/aromatic N) is 3. The monoisotopic (exact) mass is 346 g/mol. The fourth-order valence-corrected chi connectivity index (χ4v) is 3.21. The quantitative estimate of drug-likeness (QED) is 0.887. The number of aromatic nitrogens is 1. The van der Waals surface area contributed by atoms with Crippen LogP contribution in [-0.4, -0.2) is 47.5 Å². The van der Waals surface area contributed by atoms with Crippen molar-refractivity contribution < 1.29 is 4.79 Å². The first-order valence-electron chi connectivity index (χ1n) is 7.43. The van der Waals surface area contributed by atoms with Gasteiger partial charge in [-0.2, -0.15) is 0 Å². The van der Waals surface area contributed by atoms with Gasteiger partial charge in [0.15, 0.2) is 0 Å². The molecule has 0 aromatic carbocycles. The minimum absolute atomic E-state index is 0. The summed E-state index contributed by atoms with van der Waals surface area (Å²) in [6.07, 6.45) is 5.64. The van der Waals surface area contributed by atoms with Crippen molar-refractivity contribution in [3.8, 4) is 0 Å². The smallest absolute Gasteiger partial charge is 0.242 e. The van der Waals surface area contributed by atoms with E-state index in [4.69, 9.17) is 5.73 Å². The third kappa shape index (κ3) is 3.83. The van der Waals surface area contributed by atoms with E-state index < -0.39 is 5.54 Å². The van der Waals surface area contributed by atoms with Crippen molar-refractivity contribution in [2.24, 2.45) is 5.73 Å². The van der Waals surface area contributed by atoms with Gasteiger partial charge in [-0.25, -0.2) is 4.98 Å². The molecule has 1 aromatic heterocycles. The van der Waals surface area contributed by atoms with Gasteiger partial charge in [-0.05, 0) is 25.0 Å². The van der Waals surface area contributed by atoms with Crippen LogP contribution in [0.1, 0.15) is 25.7 Å². The standard InChI is InChI=1S/C15H22N4O.2ClH/c16-15(6-2-3-7-15)14(20)19-11-9-18(10-12-19)13-5-1-4-8-17-13;;/h1,4-5,8H,2-3,6-7,9-12,16H2;2*1H. The zero-order chi connectivity index (χ0) is 14.0. The molecular weight excluding hydrogens is 323 g/mol. The molecule has 1 saturated heterocycles. The summed E-state index contributed by atoms with van der Waals surface area (Å²) in [7, 11) is 0. The van der Waals surface area contributed by atoms with Crippen molar-refractivity contribution in [1.82, 2.24) is 9.88 Å². The van der Waals surface area contributed by atoms with Crippen molar-refractivity contribution in [2.75, 3.05) is 31.1 Å². The molecule has 1 aliphatic heterocycles. The number of carbonyl (C=O) groups excluding carboxylic acids is 1. The molecule has 0 bridgehead atoms. The molecular formula is C15H24Cl2N4O. The summed E-state index contributed by atoms with van der Waals surface area (Å²) in [5, 5.41) is 0. The molecule has 7 heteroatoms. The van der Waals surface area contributed by atoms with Crippen LogP contribution in [0.15, 0.2) is 24.4 Å². The lowest BCUT2D eigenvalue weighted by atomic mass is 9.97. The Morgan fingerprint density at radius 1 is 1.09 bits per heavy atom. The van der Waals surface area contributed by atoms with Gasteiger partial charge < -0.3 is 15.5 Å². The van der Waals surface area contributed by atoms with Crippen LogP contribution in [0.25, 0.3) is 0 Å². The summed E-state index contributed by atoms with van der Waals surface area (Å²) in [5.41, 5.74) is 5.67. The first kappa shape index (κ1) is 19.0. The molecule has 2 fully saturated rings. The van der Waals surface area contributed by atoms with E-state index >= 15 is 0 Å². The molecule has 124 valence electrons. The Balaban J connectivity index is 0.00000121. The maximum absolute atomic E-state index is 12.5. The second-order valence-corrected chi connectivity index (χ2v) is 5.83. The number of carbonyl (C=O) groups is 1. The van der Waals surface area contributed by atoms with Crippen LogP contribution in [0.5, 0.6) is 0 Å². The maximum atomic E-state index is 12.5. The fourth-order valence-electron chi connectivity index (χ4n) is 3.21. The molecule has 2 heterocycles. The number of anilines is 1. The summed E-state index contributed by atoms with van der Waals surface area (Å²) in [5.74, 6) is 1.14. The van der Waals surface area contributed by atoms with E-state index in [0.29, 0.717) is 0 Å². The second kappa shape index (κ2) is 7.99. The van der Waals surface area contributed by atoms with Crippen LogP contribution in [0, 0.1) is 0 Å². The number of rotatable bonds is 2. The highest BCUT2D eigenvalue weighted by molar-refractivity contribution is 5.86. The molecule has 0 radical (unpaired) electrons. The van der Waals surface area contributed by atoms with Crippen LogP contribution >= 0.6 is 24.8 Å². The molecule has 1 aromatic rings. The van der Waals surface area contributed by atoms with Crippen LogP contribution in [-0.2, 0) is 4.79 Å². The summed E-state index contributed by atoms with van der Waals surface area (Å²) in [4.78, 5) is 21.1. The maximum Gasteiger partial charge on any atom is 0.242 e. The molecule has 0 atom stereocenters. The first-order chi connectivity index (χ1) is 9.69. The average molecular weight is 347 g/mol. The van der Waals surface area contributed by atoms with Crippen molar-refractivity contribution in [3.05, 3.63) is 24.4 Å². The van der Waals surface area contributed by atoms with Gasteiger partial charge in [0.2, 0.25) is 5.91 Å². The predicted molar refractivity (Wildman–Crippen MR) is 92.9 cm³/mol. The second-order valence-electron chi connectivity index (χ2n) is 5.83. The van der Waals surface area contributed by atoms with Crippen molar-refractivity contribution in [1.29, 1.82) is 0 Å². The van der Waals surface area contributed by atoms with Gasteiger partial charge in [0.05, 0.1) is 5.54 Å². The molecule has 5 nitrogen and oxygen atoms in total. The van der Waals surface area contributed by atoms with Gasteiger partial charge >= 0.3 is 0 Å². The van der Waals surface area contributed by atoms with Gasteiger partial charge in [-0.3, -0.25) is 4.79 Å². The minimum atomic E-state index is -0.590. The fraction of sp³-hybridized carbons (Fsp3) is 0.600.